The van der Waals surface area contributed by atoms with Crippen LogP contribution in [0.25, 0.3) is 0 Å². The van der Waals surface area contributed by atoms with Crippen molar-refractivity contribution in [2.75, 3.05) is 19.0 Å². The van der Waals surface area contributed by atoms with Crippen LogP contribution in [0.5, 0.6) is 0 Å². The molecule has 0 bridgehead atoms. The van der Waals surface area contributed by atoms with Crippen LogP contribution in [-0.2, 0) is 4.74 Å². The molecule has 0 spiro atoms. The summed E-state index contributed by atoms with van der Waals surface area (Å²) in [5.41, 5.74) is 1.10. The third-order valence-corrected chi connectivity index (χ3v) is 2.38. The minimum absolute atomic E-state index is 0.323. The summed E-state index contributed by atoms with van der Waals surface area (Å²) in [5.74, 6) is 0. The molecular weight excluding hydrogens is 230 g/mol. The third-order valence-electron chi connectivity index (χ3n) is 1.69. The number of para-hydroxylation sites is 1. The molecule has 0 saturated carbocycles. The lowest BCUT2D eigenvalue weighted by atomic mass is 10.3. The highest BCUT2D eigenvalue weighted by atomic mass is 79.9. The van der Waals surface area contributed by atoms with Gasteiger partial charge < -0.3 is 10.1 Å². The van der Waals surface area contributed by atoms with E-state index in [1.54, 1.807) is 7.11 Å². The molecule has 0 aliphatic carbocycles. The van der Waals surface area contributed by atoms with Crippen molar-refractivity contribution >= 4 is 21.6 Å². The van der Waals surface area contributed by atoms with Gasteiger partial charge in [0.05, 0.1) is 6.61 Å². The van der Waals surface area contributed by atoms with Crippen molar-refractivity contribution in [3.8, 4) is 0 Å². The summed E-state index contributed by atoms with van der Waals surface area (Å²) in [7, 11) is 1.71. The number of methoxy groups -OCH3 is 1. The summed E-state index contributed by atoms with van der Waals surface area (Å²) in [6, 6.07) is 8.38. The highest BCUT2D eigenvalue weighted by molar-refractivity contribution is 9.10. The number of ether oxygens (including phenoxy) is 1. The molecule has 1 N–H and O–H groups in total. The van der Waals surface area contributed by atoms with Gasteiger partial charge in [-0.2, -0.15) is 0 Å². The Labute approximate surface area is 87.4 Å². The molecule has 0 fully saturated rings. The Morgan fingerprint density at radius 1 is 1.46 bits per heavy atom. The third kappa shape index (κ3) is 3.36. The van der Waals surface area contributed by atoms with E-state index in [9.17, 15) is 0 Å². The molecule has 1 unspecified atom stereocenters. The summed E-state index contributed by atoms with van der Waals surface area (Å²) in [5, 5.41) is 3.34. The Balaban J connectivity index is 2.58. The van der Waals surface area contributed by atoms with Gasteiger partial charge in [0.15, 0.2) is 0 Å². The number of halogens is 1. The van der Waals surface area contributed by atoms with Crippen LogP contribution in [0.2, 0.25) is 0 Å². The van der Waals surface area contributed by atoms with Crippen LogP contribution < -0.4 is 5.32 Å². The summed E-state index contributed by atoms with van der Waals surface area (Å²) in [6.07, 6.45) is 0. The number of hydrogen-bond acceptors (Lipinski definition) is 2. The Hall–Kier alpha value is -0.540. The summed E-state index contributed by atoms with van der Waals surface area (Å²) in [6.45, 7) is 2.80. The molecule has 0 amide bonds. The average Bonchev–Trinajstić information content (AvgIpc) is 2.09. The van der Waals surface area contributed by atoms with Crippen LogP contribution in [0.4, 0.5) is 5.69 Å². The molecule has 1 aromatic carbocycles. The molecule has 1 rings (SSSR count). The normalized spacial score (nSPS) is 12.5. The second-order valence-corrected chi connectivity index (χ2v) is 3.83. The van der Waals surface area contributed by atoms with Gasteiger partial charge in [0.2, 0.25) is 0 Å². The fraction of sp³-hybridized carbons (Fsp3) is 0.400. The Bertz CT molecular complexity index is 265. The smallest absolute Gasteiger partial charge is 0.0661 e. The van der Waals surface area contributed by atoms with Gasteiger partial charge in [0, 0.05) is 23.3 Å². The zero-order valence-corrected chi connectivity index (χ0v) is 9.47. The van der Waals surface area contributed by atoms with E-state index in [-0.39, 0.29) is 0 Å². The Kier molecular flexibility index (Phi) is 4.25. The first-order chi connectivity index (χ1) is 6.24. The monoisotopic (exact) mass is 243 g/mol. The standard InChI is InChI=1S/C10H14BrNO/c1-8(7-13-2)12-10-6-4-3-5-9(10)11/h3-6,8,12H,7H2,1-2H3. The zero-order valence-electron chi connectivity index (χ0n) is 7.88. The van der Waals surface area contributed by atoms with E-state index in [0.717, 1.165) is 10.2 Å². The van der Waals surface area contributed by atoms with Crippen molar-refractivity contribution in [1.82, 2.24) is 0 Å². The highest BCUT2D eigenvalue weighted by Crippen LogP contribution is 2.21. The van der Waals surface area contributed by atoms with Gasteiger partial charge in [0.1, 0.15) is 0 Å². The fourth-order valence-electron chi connectivity index (χ4n) is 1.14. The van der Waals surface area contributed by atoms with Gasteiger partial charge in [0.25, 0.3) is 0 Å². The lowest BCUT2D eigenvalue weighted by Crippen LogP contribution is -2.20. The van der Waals surface area contributed by atoms with Gasteiger partial charge in [-0.1, -0.05) is 12.1 Å². The second-order valence-electron chi connectivity index (χ2n) is 2.98. The van der Waals surface area contributed by atoms with Crippen LogP contribution in [0.15, 0.2) is 28.7 Å². The lowest BCUT2D eigenvalue weighted by molar-refractivity contribution is 0.190. The van der Waals surface area contributed by atoms with Gasteiger partial charge >= 0.3 is 0 Å². The molecule has 1 atom stereocenters. The first kappa shape index (κ1) is 10.5. The van der Waals surface area contributed by atoms with Crippen molar-refractivity contribution in [1.29, 1.82) is 0 Å². The van der Waals surface area contributed by atoms with Gasteiger partial charge in [-0.3, -0.25) is 0 Å². The predicted octanol–water partition coefficient (Wildman–Crippen LogP) is 2.90. The van der Waals surface area contributed by atoms with Gasteiger partial charge in [-0.05, 0) is 35.0 Å². The van der Waals surface area contributed by atoms with E-state index < -0.39 is 0 Å². The first-order valence-electron chi connectivity index (χ1n) is 4.24. The second kappa shape index (κ2) is 5.25. The predicted molar refractivity (Wildman–Crippen MR) is 59.1 cm³/mol. The van der Waals surface area contributed by atoms with Crippen LogP contribution >= 0.6 is 15.9 Å². The Morgan fingerprint density at radius 2 is 2.15 bits per heavy atom. The first-order valence-corrected chi connectivity index (χ1v) is 5.03. The highest BCUT2D eigenvalue weighted by Gasteiger charge is 2.02. The maximum absolute atomic E-state index is 5.04. The van der Waals surface area contributed by atoms with E-state index in [1.807, 2.05) is 24.3 Å². The average molecular weight is 244 g/mol. The van der Waals surface area contributed by atoms with Crippen molar-refractivity contribution in [3.05, 3.63) is 28.7 Å². The van der Waals surface area contributed by atoms with E-state index in [1.165, 1.54) is 0 Å². The summed E-state index contributed by atoms with van der Waals surface area (Å²) < 4.78 is 6.12. The summed E-state index contributed by atoms with van der Waals surface area (Å²) in [4.78, 5) is 0. The molecule has 13 heavy (non-hydrogen) atoms. The minimum Gasteiger partial charge on any atom is -0.383 e. The molecule has 0 aliphatic rings. The molecule has 0 aliphatic heterocycles. The lowest BCUT2D eigenvalue weighted by Gasteiger charge is -2.15. The number of benzene rings is 1. The quantitative estimate of drug-likeness (QED) is 0.879. The maximum atomic E-state index is 5.04. The summed E-state index contributed by atoms with van der Waals surface area (Å²) >= 11 is 3.47. The molecule has 0 aromatic heterocycles. The molecule has 0 radical (unpaired) electrons. The molecule has 0 heterocycles. The SMILES string of the molecule is COCC(C)Nc1ccccc1Br. The van der Waals surface area contributed by atoms with Gasteiger partial charge in [-0.15, -0.1) is 0 Å². The van der Waals surface area contributed by atoms with Crippen molar-refractivity contribution in [3.63, 3.8) is 0 Å². The number of hydrogen-bond donors (Lipinski definition) is 1. The van der Waals surface area contributed by atoms with Crippen molar-refractivity contribution in [2.45, 2.75) is 13.0 Å². The number of rotatable bonds is 4. The number of anilines is 1. The van der Waals surface area contributed by atoms with Crippen LogP contribution in [0, 0.1) is 0 Å². The van der Waals surface area contributed by atoms with Crippen LogP contribution in [0.3, 0.4) is 0 Å². The molecule has 2 nitrogen and oxygen atoms in total. The minimum atomic E-state index is 0.323. The van der Waals surface area contributed by atoms with Crippen LogP contribution in [-0.4, -0.2) is 19.8 Å². The van der Waals surface area contributed by atoms with E-state index >= 15 is 0 Å². The van der Waals surface area contributed by atoms with Crippen LogP contribution in [0.1, 0.15) is 6.92 Å². The van der Waals surface area contributed by atoms with Crippen molar-refractivity contribution in [2.24, 2.45) is 0 Å². The zero-order chi connectivity index (χ0) is 9.68. The molecular formula is C10H14BrNO. The maximum Gasteiger partial charge on any atom is 0.0661 e. The van der Waals surface area contributed by atoms with E-state index in [0.29, 0.717) is 12.6 Å². The van der Waals surface area contributed by atoms with Gasteiger partial charge in [-0.25, -0.2) is 0 Å². The molecule has 0 saturated heterocycles. The largest absolute Gasteiger partial charge is 0.383 e. The number of nitrogens with one attached hydrogen (secondary N) is 1. The van der Waals surface area contributed by atoms with E-state index in [4.69, 9.17) is 4.74 Å². The fourth-order valence-corrected chi connectivity index (χ4v) is 1.53. The Morgan fingerprint density at radius 3 is 2.77 bits per heavy atom. The van der Waals surface area contributed by atoms with Crippen molar-refractivity contribution < 1.29 is 4.74 Å². The molecule has 1 aromatic rings. The topological polar surface area (TPSA) is 21.3 Å². The van der Waals surface area contributed by atoms with E-state index in [2.05, 4.69) is 28.2 Å². The molecule has 72 valence electrons. The molecule has 3 heteroatoms.